The van der Waals surface area contributed by atoms with Crippen LogP contribution in [0.4, 0.5) is 17.1 Å². The SMILES string of the molecule is CC1(C)c2cc(N(c3ccc4c(c3)C(C)(C)c3cc5c(cc3-4)C(C)(C)c3ccc4c(oc6ccccc64)c3-5)c3ccccc3-c3ccccc3)ccc2-c2cc3c(cc21)-c1c(ccc2c1oc1ccccc12)C3(C)C. The molecule has 2 heterocycles. The summed E-state index contributed by atoms with van der Waals surface area (Å²) in [4.78, 5) is 2.52. The summed E-state index contributed by atoms with van der Waals surface area (Å²) in [5.74, 6) is 0. The van der Waals surface area contributed by atoms with E-state index in [0.29, 0.717) is 0 Å². The summed E-state index contributed by atoms with van der Waals surface area (Å²) in [6, 6.07) is 70.6. The van der Waals surface area contributed by atoms with Crippen molar-refractivity contribution in [3.63, 3.8) is 0 Å². The van der Waals surface area contributed by atoms with Gasteiger partial charge in [-0.15, -0.1) is 0 Å². The highest BCUT2D eigenvalue weighted by molar-refractivity contribution is 6.13. The minimum Gasteiger partial charge on any atom is -0.455 e. The number of hydrogen-bond donors (Lipinski definition) is 0. The standard InChI is InChI=1S/C72H55NO2/c1-69(2)54-32-30-48-46-21-13-16-24-63(46)74-67(48)65(54)52-38-58-50(36-60(52)69)44-28-26-41(34-56(44)71(58,5)6)73(62-23-15-12-20-43(62)40-18-10-9-11-19-40)42-27-29-45-51-37-61-53(39-59(51)72(7,8)57(45)35-42)66-55(70(61,3)4)33-31-49-47-22-14-17-25-64(47)75-68(49)66/h9-39H,1-8H3. The maximum Gasteiger partial charge on any atom is 0.143 e. The van der Waals surface area contributed by atoms with Crippen LogP contribution in [0.15, 0.2) is 197 Å². The minimum atomic E-state index is -0.280. The third-order valence-corrected chi connectivity index (χ3v) is 18.7. The van der Waals surface area contributed by atoms with Crippen LogP contribution in [0.2, 0.25) is 0 Å². The molecule has 3 heteroatoms. The van der Waals surface area contributed by atoms with Crippen LogP contribution in [-0.4, -0.2) is 0 Å². The highest BCUT2D eigenvalue weighted by atomic mass is 16.3. The van der Waals surface area contributed by atoms with Gasteiger partial charge in [-0.25, -0.2) is 0 Å². The molecule has 0 fully saturated rings. The Morgan fingerprint density at radius 2 is 0.693 bits per heavy atom. The third-order valence-electron chi connectivity index (χ3n) is 18.7. The van der Waals surface area contributed by atoms with E-state index in [4.69, 9.17) is 8.83 Å². The fourth-order valence-corrected chi connectivity index (χ4v) is 14.7. The van der Waals surface area contributed by atoms with Gasteiger partial charge in [-0.2, -0.15) is 0 Å². The van der Waals surface area contributed by atoms with Crippen LogP contribution in [0.25, 0.3) is 99.5 Å². The van der Waals surface area contributed by atoms with Gasteiger partial charge in [0.25, 0.3) is 0 Å². The number of hydrogen-bond acceptors (Lipinski definition) is 3. The van der Waals surface area contributed by atoms with E-state index in [1.807, 2.05) is 0 Å². The van der Waals surface area contributed by atoms with Crippen LogP contribution in [-0.2, 0) is 21.7 Å². The molecule has 0 bridgehead atoms. The second-order valence-electron chi connectivity index (χ2n) is 24.0. The van der Waals surface area contributed by atoms with Crippen molar-refractivity contribution >= 4 is 60.9 Å². The second kappa shape index (κ2) is 14.3. The highest BCUT2D eigenvalue weighted by Crippen LogP contribution is 2.61. The topological polar surface area (TPSA) is 29.5 Å². The Balaban J connectivity index is 0.855. The average Bonchev–Trinajstić information content (AvgIpc) is 4.38. The zero-order valence-electron chi connectivity index (χ0n) is 43.7. The normalized spacial score (nSPS) is 16.2. The van der Waals surface area contributed by atoms with Gasteiger partial charge < -0.3 is 13.7 Å². The van der Waals surface area contributed by atoms with Crippen molar-refractivity contribution < 1.29 is 8.83 Å². The molecule has 2 aromatic heterocycles. The number of benzene rings is 10. The Kier molecular flexibility index (Phi) is 8.18. The number of furan rings is 2. The maximum atomic E-state index is 6.76. The molecule has 0 spiro atoms. The van der Waals surface area contributed by atoms with Crippen molar-refractivity contribution in [1.29, 1.82) is 0 Å². The van der Waals surface area contributed by atoms with Crippen molar-refractivity contribution in [2.45, 2.75) is 77.0 Å². The Morgan fingerprint density at radius 1 is 0.293 bits per heavy atom. The zero-order chi connectivity index (χ0) is 50.7. The predicted molar refractivity (Wildman–Crippen MR) is 311 cm³/mol. The molecule has 0 saturated carbocycles. The number of fused-ring (bicyclic) bond motifs is 20. The molecule has 0 saturated heterocycles. The number of nitrogens with zero attached hydrogens (tertiary/aromatic N) is 1. The molecule has 10 aromatic carbocycles. The van der Waals surface area contributed by atoms with E-state index in [1.165, 1.54) is 122 Å². The van der Waals surface area contributed by atoms with Crippen molar-refractivity contribution in [3.8, 4) is 55.6 Å². The van der Waals surface area contributed by atoms with Gasteiger partial charge in [-0.1, -0.05) is 177 Å². The third kappa shape index (κ3) is 5.45. The molecule has 4 aliphatic carbocycles. The minimum absolute atomic E-state index is 0.194. The lowest BCUT2D eigenvalue weighted by molar-refractivity contribution is 0.649. The maximum absolute atomic E-state index is 6.76. The molecule has 0 aliphatic heterocycles. The van der Waals surface area contributed by atoms with Crippen LogP contribution in [0.5, 0.6) is 0 Å². The first kappa shape index (κ1) is 43.0. The van der Waals surface area contributed by atoms with Gasteiger partial charge >= 0.3 is 0 Å². The summed E-state index contributed by atoms with van der Waals surface area (Å²) in [6.45, 7) is 19.2. The molecule has 12 aromatic rings. The van der Waals surface area contributed by atoms with Gasteiger partial charge in [0.15, 0.2) is 0 Å². The highest BCUT2D eigenvalue weighted by Gasteiger charge is 2.45. The molecular formula is C72H55NO2. The Bertz CT molecular complexity index is 4280. The van der Waals surface area contributed by atoms with Gasteiger partial charge in [0.1, 0.15) is 22.3 Å². The van der Waals surface area contributed by atoms with Crippen LogP contribution in [0, 0.1) is 0 Å². The first-order valence-electron chi connectivity index (χ1n) is 26.7. The van der Waals surface area contributed by atoms with E-state index < -0.39 is 0 Å². The molecule has 16 rings (SSSR count). The molecule has 0 atom stereocenters. The van der Waals surface area contributed by atoms with Gasteiger partial charge in [-0.05, 0) is 150 Å². The largest absolute Gasteiger partial charge is 0.455 e. The van der Waals surface area contributed by atoms with Crippen molar-refractivity contribution in [2.75, 3.05) is 4.90 Å². The monoisotopic (exact) mass is 965 g/mol. The first-order chi connectivity index (χ1) is 36.2. The summed E-state index contributed by atoms with van der Waals surface area (Å²) in [5.41, 5.74) is 29.8. The summed E-state index contributed by atoms with van der Waals surface area (Å²) in [6.07, 6.45) is 0. The van der Waals surface area contributed by atoms with Crippen molar-refractivity contribution in [3.05, 3.63) is 233 Å². The van der Waals surface area contributed by atoms with E-state index in [2.05, 4.69) is 248 Å². The zero-order valence-corrected chi connectivity index (χ0v) is 43.7. The van der Waals surface area contributed by atoms with Gasteiger partial charge in [0.2, 0.25) is 0 Å². The molecule has 0 N–H and O–H groups in total. The van der Waals surface area contributed by atoms with Crippen LogP contribution in [0.3, 0.4) is 0 Å². The fraction of sp³-hybridized carbons (Fsp3) is 0.167. The molecule has 3 nitrogen and oxygen atoms in total. The van der Waals surface area contributed by atoms with E-state index in [9.17, 15) is 0 Å². The lowest BCUT2D eigenvalue weighted by Gasteiger charge is -2.31. The first-order valence-corrected chi connectivity index (χ1v) is 26.7. The lowest BCUT2D eigenvalue weighted by atomic mass is 9.79. The van der Waals surface area contributed by atoms with Crippen LogP contribution < -0.4 is 4.90 Å². The number of anilines is 3. The lowest BCUT2D eigenvalue weighted by Crippen LogP contribution is -2.18. The van der Waals surface area contributed by atoms with Gasteiger partial charge in [0, 0.05) is 71.3 Å². The van der Waals surface area contributed by atoms with Crippen LogP contribution in [0.1, 0.15) is 99.9 Å². The number of para-hydroxylation sites is 3. The average molecular weight is 966 g/mol. The summed E-state index contributed by atoms with van der Waals surface area (Å²) >= 11 is 0. The number of rotatable bonds is 4. The molecule has 0 amide bonds. The van der Waals surface area contributed by atoms with E-state index in [0.717, 1.165) is 39.4 Å². The molecule has 360 valence electrons. The van der Waals surface area contributed by atoms with Crippen molar-refractivity contribution in [1.82, 2.24) is 0 Å². The molecule has 0 unspecified atom stereocenters. The summed E-state index contributed by atoms with van der Waals surface area (Å²) in [5, 5.41) is 4.69. The molecular weight excluding hydrogens is 911 g/mol. The van der Waals surface area contributed by atoms with Crippen LogP contribution >= 0.6 is 0 Å². The van der Waals surface area contributed by atoms with Gasteiger partial charge in [-0.3, -0.25) is 0 Å². The van der Waals surface area contributed by atoms with Crippen molar-refractivity contribution in [2.24, 2.45) is 0 Å². The smallest absolute Gasteiger partial charge is 0.143 e. The Morgan fingerprint density at radius 3 is 1.20 bits per heavy atom. The predicted octanol–water partition coefficient (Wildman–Crippen LogP) is 19.8. The van der Waals surface area contributed by atoms with E-state index >= 15 is 0 Å². The van der Waals surface area contributed by atoms with E-state index in [-0.39, 0.29) is 21.7 Å². The fourth-order valence-electron chi connectivity index (χ4n) is 14.7. The molecule has 75 heavy (non-hydrogen) atoms. The molecule has 4 aliphatic rings. The van der Waals surface area contributed by atoms with E-state index in [1.54, 1.807) is 0 Å². The Labute approximate surface area is 437 Å². The van der Waals surface area contributed by atoms with Gasteiger partial charge in [0.05, 0.1) is 5.69 Å². The summed E-state index contributed by atoms with van der Waals surface area (Å²) in [7, 11) is 0. The molecule has 0 radical (unpaired) electrons. The summed E-state index contributed by atoms with van der Waals surface area (Å²) < 4.78 is 13.5. The Hall–Kier alpha value is -8.40. The quantitative estimate of drug-likeness (QED) is 0.176. The second-order valence-corrected chi connectivity index (χ2v) is 24.0.